The van der Waals surface area contributed by atoms with Gasteiger partial charge in [-0.25, -0.2) is 4.39 Å². The van der Waals surface area contributed by atoms with Gasteiger partial charge < -0.3 is 15.4 Å². The maximum atomic E-state index is 13.3. The van der Waals surface area contributed by atoms with Crippen LogP contribution in [-0.2, 0) is 6.54 Å². The van der Waals surface area contributed by atoms with E-state index in [1.54, 1.807) is 23.1 Å². The second-order valence-corrected chi connectivity index (χ2v) is 6.30. The molecule has 0 spiro atoms. The first kappa shape index (κ1) is 15.1. The van der Waals surface area contributed by atoms with Crippen molar-refractivity contribution in [1.82, 2.24) is 4.90 Å². The molecule has 1 aliphatic heterocycles. The van der Waals surface area contributed by atoms with Gasteiger partial charge in [0, 0.05) is 27.4 Å². The maximum absolute atomic E-state index is 13.3. The van der Waals surface area contributed by atoms with E-state index in [9.17, 15) is 9.18 Å². The van der Waals surface area contributed by atoms with Gasteiger partial charge in [0.1, 0.15) is 18.2 Å². The largest absolute Gasteiger partial charge is 0.491 e. The van der Waals surface area contributed by atoms with Gasteiger partial charge in [-0.05, 0) is 46.9 Å². The summed E-state index contributed by atoms with van der Waals surface area (Å²) in [4.78, 5) is 14.3. The second-order valence-electron chi connectivity index (χ2n) is 5.06. The minimum absolute atomic E-state index is 0.144. The number of nitrogens with zero attached hydrogens (tertiary/aromatic N) is 1. The van der Waals surface area contributed by atoms with Crippen LogP contribution in [-0.4, -0.2) is 24.0 Å². The minimum Gasteiger partial charge on any atom is -0.491 e. The monoisotopic (exact) mass is 412 g/mol. The standard InChI is InChI=1S/C16H14FIN2O2/c17-11-2-1-10-9-20(5-6-22-15(10)7-11)16(21)13-4-3-12(18)8-14(13)19/h1-4,7-8H,5-6,9,19H2. The van der Waals surface area contributed by atoms with Gasteiger partial charge in [-0.2, -0.15) is 0 Å². The summed E-state index contributed by atoms with van der Waals surface area (Å²) < 4.78 is 19.8. The molecular weight excluding hydrogens is 398 g/mol. The molecule has 0 aromatic heterocycles. The van der Waals surface area contributed by atoms with Gasteiger partial charge in [-0.1, -0.05) is 6.07 Å². The Labute approximate surface area is 141 Å². The highest BCUT2D eigenvalue weighted by molar-refractivity contribution is 14.1. The van der Waals surface area contributed by atoms with E-state index in [0.29, 0.717) is 36.7 Å². The van der Waals surface area contributed by atoms with Crippen molar-refractivity contribution in [1.29, 1.82) is 0 Å². The molecule has 22 heavy (non-hydrogen) atoms. The van der Waals surface area contributed by atoms with Gasteiger partial charge in [-0.3, -0.25) is 4.79 Å². The van der Waals surface area contributed by atoms with Gasteiger partial charge in [0.25, 0.3) is 5.91 Å². The van der Waals surface area contributed by atoms with Crippen molar-refractivity contribution in [2.45, 2.75) is 6.54 Å². The number of fused-ring (bicyclic) bond motifs is 1. The lowest BCUT2D eigenvalue weighted by Crippen LogP contribution is -2.33. The van der Waals surface area contributed by atoms with Crippen molar-refractivity contribution in [2.24, 2.45) is 0 Å². The molecule has 3 rings (SSSR count). The molecule has 0 aliphatic carbocycles. The summed E-state index contributed by atoms with van der Waals surface area (Å²) in [7, 11) is 0. The Bertz CT molecular complexity index is 736. The Hall–Kier alpha value is -1.83. The SMILES string of the molecule is Nc1cc(I)ccc1C(=O)N1CCOc2cc(F)ccc2C1. The van der Waals surface area contributed by atoms with Gasteiger partial charge in [-0.15, -0.1) is 0 Å². The second kappa shape index (κ2) is 6.12. The molecule has 0 unspecified atom stereocenters. The molecule has 2 aromatic carbocycles. The number of hydrogen-bond acceptors (Lipinski definition) is 3. The molecule has 0 bridgehead atoms. The molecule has 0 radical (unpaired) electrons. The first-order chi connectivity index (χ1) is 10.5. The smallest absolute Gasteiger partial charge is 0.256 e. The van der Waals surface area contributed by atoms with Crippen LogP contribution in [0, 0.1) is 9.39 Å². The van der Waals surface area contributed by atoms with Crippen LogP contribution in [0.15, 0.2) is 36.4 Å². The number of halogens is 2. The third-order valence-corrected chi connectivity index (χ3v) is 4.21. The van der Waals surface area contributed by atoms with E-state index in [1.165, 1.54) is 12.1 Å². The molecule has 1 amide bonds. The molecule has 0 saturated heterocycles. The van der Waals surface area contributed by atoms with Crippen LogP contribution < -0.4 is 10.5 Å². The van der Waals surface area contributed by atoms with Crippen molar-refractivity contribution in [3.63, 3.8) is 0 Å². The normalized spacial score (nSPS) is 14.0. The van der Waals surface area contributed by atoms with E-state index in [2.05, 4.69) is 22.6 Å². The van der Waals surface area contributed by atoms with E-state index in [1.807, 2.05) is 6.07 Å². The van der Waals surface area contributed by atoms with Crippen molar-refractivity contribution >= 4 is 34.2 Å². The first-order valence-electron chi connectivity index (χ1n) is 6.80. The van der Waals surface area contributed by atoms with Crippen LogP contribution >= 0.6 is 22.6 Å². The third-order valence-electron chi connectivity index (χ3n) is 3.54. The number of carbonyl (C=O) groups excluding carboxylic acids is 1. The zero-order chi connectivity index (χ0) is 15.7. The minimum atomic E-state index is -0.347. The lowest BCUT2D eigenvalue weighted by Gasteiger charge is -2.20. The summed E-state index contributed by atoms with van der Waals surface area (Å²) in [5.74, 6) is 0.000891. The van der Waals surface area contributed by atoms with Crippen LogP contribution in [0.5, 0.6) is 5.75 Å². The number of benzene rings is 2. The number of nitrogens with two attached hydrogens (primary N) is 1. The number of anilines is 1. The molecule has 0 saturated carbocycles. The molecule has 4 nitrogen and oxygen atoms in total. The summed E-state index contributed by atoms with van der Waals surface area (Å²) in [6, 6.07) is 9.72. The van der Waals surface area contributed by atoms with E-state index in [4.69, 9.17) is 10.5 Å². The molecule has 1 aliphatic rings. The summed E-state index contributed by atoms with van der Waals surface area (Å²) in [6.45, 7) is 1.13. The third kappa shape index (κ3) is 3.01. The summed E-state index contributed by atoms with van der Waals surface area (Å²) in [5, 5.41) is 0. The van der Waals surface area contributed by atoms with Crippen LogP contribution in [0.25, 0.3) is 0 Å². The predicted molar refractivity (Wildman–Crippen MR) is 90.2 cm³/mol. The number of nitrogen functional groups attached to an aromatic ring is 1. The van der Waals surface area contributed by atoms with Crippen LogP contribution in [0.4, 0.5) is 10.1 Å². The van der Waals surface area contributed by atoms with Crippen LogP contribution in [0.1, 0.15) is 15.9 Å². The summed E-state index contributed by atoms with van der Waals surface area (Å²) >= 11 is 2.15. The van der Waals surface area contributed by atoms with E-state index >= 15 is 0 Å². The van der Waals surface area contributed by atoms with E-state index in [0.717, 1.165) is 9.13 Å². The molecule has 2 aromatic rings. The molecule has 6 heteroatoms. The molecule has 114 valence electrons. The highest BCUT2D eigenvalue weighted by Gasteiger charge is 2.22. The molecule has 2 N–H and O–H groups in total. The molecule has 0 atom stereocenters. The fraction of sp³-hybridized carbons (Fsp3) is 0.188. The van der Waals surface area contributed by atoms with Gasteiger partial charge in [0.2, 0.25) is 0 Å². The Balaban J connectivity index is 1.88. The predicted octanol–water partition coefficient (Wildman–Crippen LogP) is 3.05. The number of rotatable bonds is 1. The number of ether oxygens (including phenoxy) is 1. The van der Waals surface area contributed by atoms with Gasteiger partial charge in [0.15, 0.2) is 0 Å². The van der Waals surface area contributed by atoms with Gasteiger partial charge in [0.05, 0.1) is 12.1 Å². The lowest BCUT2D eigenvalue weighted by atomic mass is 10.1. The van der Waals surface area contributed by atoms with Crippen LogP contribution in [0.2, 0.25) is 0 Å². The van der Waals surface area contributed by atoms with E-state index < -0.39 is 0 Å². The fourth-order valence-corrected chi connectivity index (χ4v) is 2.93. The van der Waals surface area contributed by atoms with Crippen molar-refractivity contribution < 1.29 is 13.9 Å². The maximum Gasteiger partial charge on any atom is 0.256 e. The van der Waals surface area contributed by atoms with Gasteiger partial charge >= 0.3 is 0 Å². The van der Waals surface area contributed by atoms with Crippen molar-refractivity contribution in [3.05, 3.63) is 56.9 Å². The first-order valence-corrected chi connectivity index (χ1v) is 7.88. The highest BCUT2D eigenvalue weighted by atomic mass is 127. The number of carbonyl (C=O) groups is 1. The average Bonchev–Trinajstić information content (AvgIpc) is 2.68. The summed E-state index contributed by atoms with van der Waals surface area (Å²) in [5.41, 5.74) is 7.68. The molecule has 1 heterocycles. The summed E-state index contributed by atoms with van der Waals surface area (Å²) in [6.07, 6.45) is 0. The fourth-order valence-electron chi connectivity index (χ4n) is 2.42. The zero-order valence-electron chi connectivity index (χ0n) is 11.7. The Morgan fingerprint density at radius 3 is 2.86 bits per heavy atom. The number of hydrogen-bond donors (Lipinski definition) is 1. The quantitative estimate of drug-likeness (QED) is 0.579. The van der Waals surface area contributed by atoms with E-state index in [-0.39, 0.29) is 11.7 Å². The molecule has 0 fully saturated rings. The topological polar surface area (TPSA) is 55.6 Å². The Kier molecular flexibility index (Phi) is 4.19. The molecular formula is C16H14FIN2O2. The highest BCUT2D eigenvalue weighted by Crippen LogP contribution is 2.26. The average molecular weight is 412 g/mol. The zero-order valence-corrected chi connectivity index (χ0v) is 13.8. The Morgan fingerprint density at radius 1 is 1.27 bits per heavy atom. The van der Waals surface area contributed by atoms with Crippen molar-refractivity contribution in [2.75, 3.05) is 18.9 Å². The Morgan fingerprint density at radius 2 is 2.09 bits per heavy atom. The van der Waals surface area contributed by atoms with Crippen molar-refractivity contribution in [3.8, 4) is 5.75 Å². The number of amides is 1. The lowest BCUT2D eigenvalue weighted by molar-refractivity contribution is 0.0734. The van der Waals surface area contributed by atoms with Crippen LogP contribution in [0.3, 0.4) is 0 Å².